The Bertz CT molecular complexity index is 659. The summed E-state index contributed by atoms with van der Waals surface area (Å²) in [6, 6.07) is 5.80. The van der Waals surface area contributed by atoms with Gasteiger partial charge in [0.2, 0.25) is 0 Å². The second kappa shape index (κ2) is 5.60. The quantitative estimate of drug-likeness (QED) is 0.766. The molecule has 0 amide bonds. The maximum Gasteiger partial charge on any atom is 0.161 e. The minimum absolute atomic E-state index is 0.00617. The third-order valence-corrected chi connectivity index (χ3v) is 3.63. The zero-order valence-electron chi connectivity index (χ0n) is 12.2. The average Bonchev–Trinajstić information content (AvgIpc) is 3.23. The summed E-state index contributed by atoms with van der Waals surface area (Å²) in [5, 5.41) is 0. The zero-order valence-corrected chi connectivity index (χ0v) is 12.2. The van der Waals surface area contributed by atoms with E-state index >= 15 is 0 Å². The summed E-state index contributed by atoms with van der Waals surface area (Å²) in [5.74, 6) is 1.21. The van der Waals surface area contributed by atoms with E-state index in [1.807, 2.05) is 12.5 Å². The van der Waals surface area contributed by atoms with E-state index in [-0.39, 0.29) is 5.78 Å². The Morgan fingerprint density at radius 3 is 2.86 bits per heavy atom. The first-order chi connectivity index (χ1) is 10.2. The van der Waals surface area contributed by atoms with Gasteiger partial charge in [-0.15, -0.1) is 0 Å². The molecule has 0 N–H and O–H groups in total. The van der Waals surface area contributed by atoms with E-state index < -0.39 is 0 Å². The second-order valence-electron chi connectivity index (χ2n) is 5.23. The molecule has 1 saturated carbocycles. The molecule has 2 aromatic rings. The molecule has 0 saturated heterocycles. The number of ketones is 1. The number of imidazole rings is 1. The van der Waals surface area contributed by atoms with Crippen molar-refractivity contribution in [3.05, 3.63) is 42.0 Å². The van der Waals surface area contributed by atoms with Crippen molar-refractivity contribution in [1.29, 1.82) is 0 Å². The number of ether oxygens (including phenoxy) is 2. The molecule has 0 radical (unpaired) electrons. The summed E-state index contributed by atoms with van der Waals surface area (Å²) in [7, 11) is 1.57. The maximum absolute atomic E-state index is 11.4. The first-order valence-electron chi connectivity index (χ1n) is 7.01. The molecule has 0 atom stereocenters. The van der Waals surface area contributed by atoms with Crippen molar-refractivity contribution in [3.8, 4) is 11.5 Å². The molecule has 1 aliphatic carbocycles. The molecular formula is C16H18N2O3. The topological polar surface area (TPSA) is 53.4 Å². The Morgan fingerprint density at radius 1 is 1.38 bits per heavy atom. The van der Waals surface area contributed by atoms with Gasteiger partial charge < -0.3 is 14.0 Å². The van der Waals surface area contributed by atoms with Crippen LogP contribution in [-0.2, 0) is 6.61 Å². The number of aromatic nitrogens is 2. The summed E-state index contributed by atoms with van der Waals surface area (Å²) < 4.78 is 13.3. The van der Waals surface area contributed by atoms with Gasteiger partial charge in [0.1, 0.15) is 6.61 Å². The molecule has 110 valence electrons. The van der Waals surface area contributed by atoms with Gasteiger partial charge in [-0.1, -0.05) is 0 Å². The van der Waals surface area contributed by atoms with Crippen LogP contribution in [0.5, 0.6) is 11.5 Å². The largest absolute Gasteiger partial charge is 0.493 e. The molecule has 1 aliphatic rings. The average molecular weight is 286 g/mol. The Morgan fingerprint density at radius 2 is 2.19 bits per heavy atom. The molecule has 0 unspecified atom stereocenters. The Hall–Kier alpha value is -2.30. The predicted molar refractivity (Wildman–Crippen MR) is 77.8 cm³/mol. The molecule has 1 aromatic heterocycles. The minimum atomic E-state index is 0.00617. The lowest BCUT2D eigenvalue weighted by atomic mass is 10.1. The number of methoxy groups -OCH3 is 1. The van der Waals surface area contributed by atoms with Crippen LogP contribution in [0, 0.1) is 0 Å². The first-order valence-corrected chi connectivity index (χ1v) is 7.01. The fourth-order valence-corrected chi connectivity index (χ4v) is 2.28. The fourth-order valence-electron chi connectivity index (χ4n) is 2.28. The van der Waals surface area contributed by atoms with Crippen LogP contribution >= 0.6 is 0 Å². The fraction of sp³-hybridized carbons (Fsp3) is 0.375. The summed E-state index contributed by atoms with van der Waals surface area (Å²) in [6.45, 7) is 1.97. The molecule has 21 heavy (non-hydrogen) atoms. The van der Waals surface area contributed by atoms with E-state index in [1.54, 1.807) is 25.3 Å². The van der Waals surface area contributed by atoms with Gasteiger partial charge in [0, 0.05) is 11.6 Å². The summed E-state index contributed by atoms with van der Waals surface area (Å²) >= 11 is 0. The lowest BCUT2D eigenvalue weighted by Gasteiger charge is -2.12. The lowest BCUT2D eigenvalue weighted by Crippen LogP contribution is -2.05. The first kappa shape index (κ1) is 13.7. The van der Waals surface area contributed by atoms with E-state index in [1.165, 1.54) is 19.8 Å². The van der Waals surface area contributed by atoms with Gasteiger partial charge in [-0.05, 0) is 38.0 Å². The molecular weight excluding hydrogens is 268 g/mol. The number of Topliss-reactive ketones (excluding diaryl/α,β-unsaturated/α-hetero) is 1. The molecule has 1 heterocycles. The number of rotatable bonds is 6. The van der Waals surface area contributed by atoms with E-state index in [9.17, 15) is 4.79 Å². The standard InChI is InChI=1S/C16H18N2O3/c1-11(19)12-3-6-15(16(7-12)20-2)21-9-14-8-17-10-18(14)13-4-5-13/h3,6-8,10,13H,4-5,9H2,1-2H3. The lowest BCUT2D eigenvalue weighted by molar-refractivity contribution is 0.101. The van der Waals surface area contributed by atoms with Crippen LogP contribution < -0.4 is 9.47 Å². The predicted octanol–water partition coefficient (Wildman–Crippen LogP) is 3.01. The van der Waals surface area contributed by atoms with Gasteiger partial charge in [-0.2, -0.15) is 0 Å². The van der Waals surface area contributed by atoms with Crippen LogP contribution in [-0.4, -0.2) is 22.4 Å². The van der Waals surface area contributed by atoms with Gasteiger partial charge in [0.15, 0.2) is 17.3 Å². The smallest absolute Gasteiger partial charge is 0.161 e. The van der Waals surface area contributed by atoms with E-state index in [4.69, 9.17) is 9.47 Å². The van der Waals surface area contributed by atoms with Gasteiger partial charge >= 0.3 is 0 Å². The monoisotopic (exact) mass is 286 g/mol. The van der Waals surface area contributed by atoms with Gasteiger partial charge in [-0.25, -0.2) is 4.98 Å². The van der Waals surface area contributed by atoms with Crippen LogP contribution in [0.3, 0.4) is 0 Å². The Kier molecular flexibility index (Phi) is 3.64. The van der Waals surface area contributed by atoms with E-state index in [0.717, 1.165) is 5.69 Å². The van der Waals surface area contributed by atoms with Crippen molar-refractivity contribution in [1.82, 2.24) is 9.55 Å². The number of benzene rings is 1. The third-order valence-electron chi connectivity index (χ3n) is 3.63. The second-order valence-corrected chi connectivity index (χ2v) is 5.23. The van der Waals surface area contributed by atoms with E-state index in [2.05, 4.69) is 9.55 Å². The van der Waals surface area contributed by atoms with Crippen LogP contribution in [0.4, 0.5) is 0 Å². The van der Waals surface area contributed by atoms with Gasteiger partial charge in [0.25, 0.3) is 0 Å². The normalized spacial score (nSPS) is 14.0. The van der Waals surface area contributed by atoms with Gasteiger partial charge in [-0.3, -0.25) is 4.79 Å². The number of hydrogen-bond acceptors (Lipinski definition) is 4. The van der Waals surface area contributed by atoms with Crippen molar-refractivity contribution in [2.24, 2.45) is 0 Å². The van der Waals surface area contributed by atoms with Crippen molar-refractivity contribution in [2.45, 2.75) is 32.4 Å². The van der Waals surface area contributed by atoms with Crippen LogP contribution in [0.1, 0.15) is 41.9 Å². The number of carbonyl (C=O) groups is 1. The number of carbonyl (C=O) groups excluding carboxylic acids is 1. The van der Waals surface area contributed by atoms with Crippen molar-refractivity contribution < 1.29 is 14.3 Å². The highest BCUT2D eigenvalue weighted by Crippen LogP contribution is 2.36. The molecule has 5 nitrogen and oxygen atoms in total. The summed E-state index contributed by atoms with van der Waals surface area (Å²) in [6.07, 6.45) is 6.10. The van der Waals surface area contributed by atoms with Gasteiger partial charge in [0.05, 0.1) is 25.3 Å². The Balaban J connectivity index is 1.75. The number of hydrogen-bond donors (Lipinski definition) is 0. The summed E-state index contributed by atoms with van der Waals surface area (Å²) in [5.41, 5.74) is 1.66. The van der Waals surface area contributed by atoms with Crippen molar-refractivity contribution >= 4 is 5.78 Å². The highest BCUT2D eigenvalue weighted by molar-refractivity contribution is 5.94. The minimum Gasteiger partial charge on any atom is -0.493 e. The zero-order chi connectivity index (χ0) is 14.8. The van der Waals surface area contributed by atoms with Crippen molar-refractivity contribution in [2.75, 3.05) is 7.11 Å². The third kappa shape index (κ3) is 2.91. The molecule has 1 aromatic carbocycles. The van der Waals surface area contributed by atoms with Crippen molar-refractivity contribution in [3.63, 3.8) is 0 Å². The van der Waals surface area contributed by atoms with Crippen LogP contribution in [0.15, 0.2) is 30.7 Å². The Labute approximate surface area is 123 Å². The highest BCUT2D eigenvalue weighted by atomic mass is 16.5. The molecule has 5 heteroatoms. The highest BCUT2D eigenvalue weighted by Gasteiger charge is 2.25. The molecule has 0 bridgehead atoms. The maximum atomic E-state index is 11.4. The molecule has 0 aliphatic heterocycles. The molecule has 0 spiro atoms. The summed E-state index contributed by atoms with van der Waals surface area (Å²) in [4.78, 5) is 15.6. The molecule has 3 rings (SSSR count). The number of nitrogens with zero attached hydrogens (tertiary/aromatic N) is 2. The SMILES string of the molecule is COc1cc(C(C)=O)ccc1OCc1cncn1C1CC1. The van der Waals surface area contributed by atoms with Crippen LogP contribution in [0.2, 0.25) is 0 Å². The molecule has 1 fully saturated rings. The van der Waals surface area contributed by atoms with E-state index in [0.29, 0.717) is 29.7 Å². The van der Waals surface area contributed by atoms with Crippen LogP contribution in [0.25, 0.3) is 0 Å².